The third-order valence-electron chi connectivity index (χ3n) is 4.40. The van der Waals surface area contributed by atoms with E-state index in [1.54, 1.807) is 13.4 Å². The number of ether oxygens (including phenoxy) is 1. The molecule has 0 unspecified atom stereocenters. The van der Waals surface area contributed by atoms with E-state index in [-0.39, 0.29) is 0 Å². The highest BCUT2D eigenvalue weighted by atomic mass is 16.5. The van der Waals surface area contributed by atoms with Crippen LogP contribution >= 0.6 is 0 Å². The van der Waals surface area contributed by atoms with Gasteiger partial charge in [0.15, 0.2) is 0 Å². The number of aldehydes is 1. The maximum Gasteiger partial charge on any atom is 0.133 e. The van der Waals surface area contributed by atoms with Gasteiger partial charge in [0.1, 0.15) is 17.6 Å². The van der Waals surface area contributed by atoms with E-state index in [0.29, 0.717) is 11.8 Å². The number of rotatable bonds is 4. The molecular weight excluding hydrogens is 324 g/mol. The average Bonchev–Trinajstić information content (AvgIpc) is 3.08. The average molecular weight is 352 g/mol. The summed E-state index contributed by atoms with van der Waals surface area (Å²) in [5.74, 6) is 1.88. The summed E-state index contributed by atoms with van der Waals surface area (Å²) < 4.78 is 11.3. The highest BCUT2D eigenvalue weighted by Gasteiger charge is 2.17. The zero-order chi connectivity index (χ0) is 19.3. The molecule has 26 heavy (non-hydrogen) atoms. The predicted molar refractivity (Wildman–Crippen MR) is 108 cm³/mol. The Kier molecular flexibility index (Phi) is 6.62. The van der Waals surface area contributed by atoms with Gasteiger partial charge < -0.3 is 13.9 Å². The van der Waals surface area contributed by atoms with Crippen LogP contribution in [0.4, 0.5) is 0 Å². The van der Waals surface area contributed by atoms with Gasteiger partial charge in [0, 0.05) is 10.9 Å². The molecule has 0 aliphatic carbocycles. The van der Waals surface area contributed by atoms with Crippen molar-refractivity contribution in [2.45, 2.75) is 46.5 Å². The molecule has 0 radical (unpaired) electrons. The number of carbonyl (C=O) groups is 1. The molecule has 0 spiro atoms. The van der Waals surface area contributed by atoms with Gasteiger partial charge in [-0.15, -0.1) is 0 Å². The number of methoxy groups -OCH3 is 1. The van der Waals surface area contributed by atoms with Crippen molar-refractivity contribution in [3.63, 3.8) is 0 Å². The van der Waals surface area contributed by atoms with E-state index >= 15 is 0 Å². The van der Waals surface area contributed by atoms with Crippen molar-refractivity contribution in [1.82, 2.24) is 0 Å². The molecule has 0 aliphatic heterocycles. The zero-order valence-corrected chi connectivity index (χ0v) is 16.5. The van der Waals surface area contributed by atoms with E-state index in [2.05, 4.69) is 52.0 Å². The first-order chi connectivity index (χ1) is 12.4. The summed E-state index contributed by atoms with van der Waals surface area (Å²) in [6.07, 6.45) is 2.48. The first-order valence-corrected chi connectivity index (χ1v) is 9.02. The maximum atomic E-state index is 8.81. The summed E-state index contributed by atoms with van der Waals surface area (Å²) >= 11 is 0. The molecular formula is C23H28O3. The fourth-order valence-corrected chi connectivity index (χ4v) is 3.01. The lowest BCUT2D eigenvalue weighted by Gasteiger charge is -2.20. The van der Waals surface area contributed by atoms with E-state index in [1.165, 1.54) is 23.6 Å². The fourth-order valence-electron chi connectivity index (χ4n) is 3.01. The topological polar surface area (TPSA) is 39.4 Å². The van der Waals surface area contributed by atoms with Crippen LogP contribution in [0.2, 0.25) is 0 Å². The lowest BCUT2D eigenvalue weighted by atomic mass is 9.89. The van der Waals surface area contributed by atoms with Gasteiger partial charge in [-0.1, -0.05) is 39.8 Å². The van der Waals surface area contributed by atoms with Crippen LogP contribution in [0.25, 0.3) is 22.1 Å². The number of hydrogen-bond donors (Lipinski definition) is 0. The minimum absolute atomic E-state index is 0.417. The van der Waals surface area contributed by atoms with Crippen molar-refractivity contribution in [1.29, 1.82) is 0 Å². The molecule has 0 N–H and O–H groups in total. The Hall–Kier alpha value is -2.55. The molecule has 3 nitrogen and oxygen atoms in total. The molecule has 3 aromatic rings. The van der Waals surface area contributed by atoms with Crippen LogP contribution in [0.5, 0.6) is 5.75 Å². The lowest BCUT2D eigenvalue weighted by molar-refractivity contribution is -0.106. The van der Waals surface area contributed by atoms with Gasteiger partial charge in [0.25, 0.3) is 0 Å². The van der Waals surface area contributed by atoms with E-state index in [0.717, 1.165) is 28.6 Å². The first kappa shape index (κ1) is 19.8. The van der Waals surface area contributed by atoms with Crippen LogP contribution < -0.4 is 4.74 Å². The van der Waals surface area contributed by atoms with Gasteiger partial charge in [-0.3, -0.25) is 0 Å². The number of fused-ring (bicyclic) bond motifs is 1. The smallest absolute Gasteiger partial charge is 0.133 e. The summed E-state index contributed by atoms with van der Waals surface area (Å²) in [7, 11) is 1.76. The van der Waals surface area contributed by atoms with Crippen molar-refractivity contribution in [2.75, 3.05) is 7.11 Å². The number of carbonyl (C=O) groups excluding carboxylic acids is 1. The number of furan rings is 1. The SMILES string of the molecule is CC=O.COc1c(-c2ccc3occc3c2)cc(C(C)C)cc1C(C)C. The first-order valence-electron chi connectivity index (χ1n) is 9.02. The van der Waals surface area contributed by atoms with E-state index in [9.17, 15) is 0 Å². The van der Waals surface area contributed by atoms with Crippen molar-refractivity contribution >= 4 is 17.3 Å². The summed E-state index contributed by atoms with van der Waals surface area (Å²) in [4.78, 5) is 8.81. The van der Waals surface area contributed by atoms with Crippen molar-refractivity contribution in [2.24, 2.45) is 0 Å². The highest BCUT2D eigenvalue weighted by molar-refractivity contribution is 5.85. The second kappa shape index (κ2) is 8.70. The van der Waals surface area contributed by atoms with Gasteiger partial charge in [-0.05, 0) is 59.7 Å². The van der Waals surface area contributed by atoms with Crippen molar-refractivity contribution in [3.8, 4) is 16.9 Å². The maximum absolute atomic E-state index is 8.81. The summed E-state index contributed by atoms with van der Waals surface area (Å²) in [6.45, 7) is 10.3. The summed E-state index contributed by atoms with van der Waals surface area (Å²) in [5, 5.41) is 1.12. The van der Waals surface area contributed by atoms with Crippen molar-refractivity contribution < 1.29 is 13.9 Å². The minimum atomic E-state index is 0.417. The highest BCUT2D eigenvalue weighted by Crippen LogP contribution is 2.40. The Morgan fingerprint density at radius 1 is 1.00 bits per heavy atom. The molecule has 0 amide bonds. The molecule has 1 aromatic heterocycles. The van der Waals surface area contributed by atoms with E-state index in [4.69, 9.17) is 13.9 Å². The Morgan fingerprint density at radius 2 is 1.69 bits per heavy atom. The molecule has 3 rings (SSSR count). The third-order valence-corrected chi connectivity index (χ3v) is 4.40. The standard InChI is InChI=1S/C21H24O2.C2H4O/c1-13(2)17-11-18(14(3)4)21(22-5)19(12-17)15-6-7-20-16(10-15)8-9-23-20;1-2-3/h6-14H,1-5H3;2H,1H3. The van der Waals surface area contributed by atoms with Crippen LogP contribution in [-0.4, -0.2) is 13.4 Å². The molecule has 0 saturated carbocycles. The Labute approximate surface area is 156 Å². The largest absolute Gasteiger partial charge is 0.496 e. The second-order valence-corrected chi connectivity index (χ2v) is 6.91. The molecule has 3 heteroatoms. The van der Waals surface area contributed by atoms with Crippen LogP contribution in [0.1, 0.15) is 57.6 Å². The molecule has 0 saturated heterocycles. The molecule has 0 atom stereocenters. The van der Waals surface area contributed by atoms with E-state index in [1.807, 2.05) is 12.1 Å². The molecule has 2 aromatic carbocycles. The zero-order valence-electron chi connectivity index (χ0n) is 16.5. The minimum Gasteiger partial charge on any atom is -0.496 e. The second-order valence-electron chi connectivity index (χ2n) is 6.91. The van der Waals surface area contributed by atoms with Crippen molar-refractivity contribution in [3.05, 3.63) is 53.8 Å². The van der Waals surface area contributed by atoms with Gasteiger partial charge >= 0.3 is 0 Å². The quantitative estimate of drug-likeness (QED) is 0.499. The Balaban J connectivity index is 0.000000758. The third kappa shape index (κ3) is 4.16. The fraction of sp³-hybridized carbons (Fsp3) is 0.348. The molecule has 138 valence electrons. The summed E-state index contributed by atoms with van der Waals surface area (Å²) in [5.41, 5.74) is 5.85. The van der Waals surface area contributed by atoms with Gasteiger partial charge in [-0.25, -0.2) is 0 Å². The number of benzene rings is 2. The Bertz CT molecular complexity index is 872. The number of hydrogen-bond acceptors (Lipinski definition) is 3. The molecule has 0 aliphatic rings. The molecule has 0 bridgehead atoms. The molecule has 0 fully saturated rings. The van der Waals surface area contributed by atoms with Crippen LogP contribution in [0.3, 0.4) is 0 Å². The monoisotopic (exact) mass is 352 g/mol. The van der Waals surface area contributed by atoms with E-state index < -0.39 is 0 Å². The van der Waals surface area contributed by atoms with Gasteiger partial charge in [0.2, 0.25) is 0 Å². The summed E-state index contributed by atoms with van der Waals surface area (Å²) in [6, 6.07) is 12.9. The van der Waals surface area contributed by atoms with Crippen LogP contribution in [0.15, 0.2) is 47.1 Å². The predicted octanol–water partition coefficient (Wildman–Crippen LogP) is 6.56. The lowest BCUT2D eigenvalue weighted by Crippen LogP contribution is -2.00. The van der Waals surface area contributed by atoms with Crippen LogP contribution in [0, 0.1) is 0 Å². The molecule has 1 heterocycles. The Morgan fingerprint density at radius 3 is 2.27 bits per heavy atom. The van der Waals surface area contributed by atoms with Gasteiger partial charge in [-0.2, -0.15) is 0 Å². The normalized spacial score (nSPS) is 10.8. The van der Waals surface area contributed by atoms with Gasteiger partial charge in [0.05, 0.1) is 13.4 Å². The van der Waals surface area contributed by atoms with Crippen LogP contribution in [-0.2, 0) is 4.79 Å².